The van der Waals surface area contributed by atoms with Crippen molar-refractivity contribution in [1.82, 2.24) is 9.97 Å². The fraction of sp³-hybridized carbons (Fsp3) is 0.667. The van der Waals surface area contributed by atoms with E-state index in [2.05, 4.69) is 14.9 Å². The number of esters is 1. The molecule has 0 aromatic carbocycles. The van der Waals surface area contributed by atoms with E-state index < -0.39 is 0 Å². The van der Waals surface area contributed by atoms with Gasteiger partial charge in [0.2, 0.25) is 5.88 Å². The van der Waals surface area contributed by atoms with Crippen LogP contribution in [0.3, 0.4) is 0 Å². The molecule has 0 N–H and O–H groups in total. The van der Waals surface area contributed by atoms with Crippen molar-refractivity contribution in [3.05, 3.63) is 11.9 Å². The molecule has 0 radical (unpaired) electrons. The predicted octanol–water partition coefficient (Wildman–Crippen LogP) is 1.96. The fourth-order valence-electron chi connectivity index (χ4n) is 2.61. The first-order valence-corrected chi connectivity index (χ1v) is 7.53. The average Bonchev–Trinajstić information content (AvgIpc) is 2.50. The summed E-state index contributed by atoms with van der Waals surface area (Å²) in [5, 5.41) is 0. The number of ether oxygens (including phenoxy) is 2. The van der Waals surface area contributed by atoms with Gasteiger partial charge in [-0.3, -0.25) is 4.79 Å². The molecular weight excluding hydrogens is 270 g/mol. The van der Waals surface area contributed by atoms with Gasteiger partial charge in [0.05, 0.1) is 24.7 Å². The highest BCUT2D eigenvalue weighted by Gasteiger charge is 2.27. The second-order valence-corrected chi connectivity index (χ2v) is 5.07. The summed E-state index contributed by atoms with van der Waals surface area (Å²) in [5.74, 6) is 1.46. The summed E-state index contributed by atoms with van der Waals surface area (Å²) in [7, 11) is 0. The normalized spacial score (nSPS) is 15.9. The molecule has 116 valence electrons. The zero-order chi connectivity index (χ0) is 15.2. The minimum absolute atomic E-state index is 0.00899. The number of aromatic nitrogens is 2. The zero-order valence-corrected chi connectivity index (χ0v) is 13.0. The summed E-state index contributed by atoms with van der Waals surface area (Å²) in [4.78, 5) is 22.5. The van der Waals surface area contributed by atoms with Gasteiger partial charge in [-0.1, -0.05) is 0 Å². The minimum Gasteiger partial charge on any atom is -0.478 e. The van der Waals surface area contributed by atoms with E-state index in [0.29, 0.717) is 19.1 Å². The molecule has 1 aromatic rings. The molecule has 21 heavy (non-hydrogen) atoms. The third-order valence-electron chi connectivity index (χ3n) is 3.71. The monoisotopic (exact) mass is 293 g/mol. The van der Waals surface area contributed by atoms with Crippen molar-refractivity contribution >= 4 is 11.8 Å². The van der Waals surface area contributed by atoms with Gasteiger partial charge in [0.1, 0.15) is 12.1 Å². The van der Waals surface area contributed by atoms with Gasteiger partial charge in [-0.25, -0.2) is 9.97 Å². The van der Waals surface area contributed by atoms with Crippen molar-refractivity contribution < 1.29 is 14.3 Å². The molecule has 6 nitrogen and oxygen atoms in total. The molecule has 6 heteroatoms. The highest BCUT2D eigenvalue weighted by atomic mass is 16.5. The van der Waals surface area contributed by atoms with Crippen LogP contribution < -0.4 is 9.64 Å². The maximum Gasteiger partial charge on any atom is 0.309 e. The van der Waals surface area contributed by atoms with Gasteiger partial charge in [0, 0.05) is 13.1 Å². The molecule has 0 bridgehead atoms. The van der Waals surface area contributed by atoms with Crippen LogP contribution in [0.4, 0.5) is 5.82 Å². The highest BCUT2D eigenvalue weighted by molar-refractivity contribution is 5.72. The van der Waals surface area contributed by atoms with Crippen LogP contribution in [0.5, 0.6) is 5.88 Å². The van der Waals surface area contributed by atoms with Crippen LogP contribution in [0.2, 0.25) is 0 Å². The van der Waals surface area contributed by atoms with Gasteiger partial charge >= 0.3 is 5.97 Å². The molecule has 2 rings (SSSR count). The standard InChI is InChI=1S/C15H23N3O3/c1-4-20-14-11(3)13(16-10-17-14)18-8-6-12(7-9-18)15(19)21-5-2/h10,12H,4-9H2,1-3H3. The van der Waals surface area contributed by atoms with Crippen molar-refractivity contribution in [3.63, 3.8) is 0 Å². The third-order valence-corrected chi connectivity index (χ3v) is 3.71. The number of rotatable bonds is 5. The van der Waals surface area contributed by atoms with Gasteiger partial charge < -0.3 is 14.4 Å². The maximum absolute atomic E-state index is 11.8. The number of hydrogen-bond acceptors (Lipinski definition) is 6. The van der Waals surface area contributed by atoms with Crippen LogP contribution in [-0.4, -0.2) is 42.2 Å². The lowest BCUT2D eigenvalue weighted by atomic mass is 9.97. The Morgan fingerprint density at radius 1 is 1.29 bits per heavy atom. The first-order chi connectivity index (χ1) is 10.2. The summed E-state index contributed by atoms with van der Waals surface area (Å²) >= 11 is 0. The third kappa shape index (κ3) is 3.62. The molecular formula is C15H23N3O3. The Labute approximate surface area is 125 Å². The summed E-state index contributed by atoms with van der Waals surface area (Å²) in [6, 6.07) is 0. The Kier molecular flexibility index (Phi) is 5.36. The van der Waals surface area contributed by atoms with Crippen LogP contribution in [-0.2, 0) is 9.53 Å². The molecule has 0 atom stereocenters. The lowest BCUT2D eigenvalue weighted by Gasteiger charge is -2.32. The van der Waals surface area contributed by atoms with Crippen LogP contribution in [0, 0.1) is 12.8 Å². The van der Waals surface area contributed by atoms with Crippen LogP contribution in [0.25, 0.3) is 0 Å². The Hall–Kier alpha value is -1.85. The van der Waals surface area contributed by atoms with Crippen molar-refractivity contribution in [2.75, 3.05) is 31.2 Å². The van der Waals surface area contributed by atoms with Gasteiger partial charge in [0.15, 0.2) is 0 Å². The molecule has 1 aromatic heterocycles. The first-order valence-electron chi connectivity index (χ1n) is 7.53. The Morgan fingerprint density at radius 2 is 2.00 bits per heavy atom. The molecule has 0 saturated carbocycles. The number of hydrogen-bond donors (Lipinski definition) is 0. The SMILES string of the molecule is CCOC(=O)C1CCN(c2ncnc(OCC)c2C)CC1. The number of nitrogens with zero attached hydrogens (tertiary/aromatic N) is 3. The molecule has 1 fully saturated rings. The van der Waals surface area contributed by atoms with E-state index in [1.165, 1.54) is 6.33 Å². The molecule has 0 amide bonds. The van der Waals surface area contributed by atoms with E-state index in [1.807, 2.05) is 20.8 Å². The lowest BCUT2D eigenvalue weighted by Crippen LogP contribution is -2.37. The smallest absolute Gasteiger partial charge is 0.309 e. The molecule has 1 aliphatic rings. The Morgan fingerprint density at radius 3 is 2.62 bits per heavy atom. The molecule has 1 aliphatic heterocycles. The highest BCUT2D eigenvalue weighted by Crippen LogP contribution is 2.28. The van der Waals surface area contributed by atoms with Gasteiger partial charge in [-0.15, -0.1) is 0 Å². The number of piperidine rings is 1. The molecule has 0 aliphatic carbocycles. The summed E-state index contributed by atoms with van der Waals surface area (Å²) < 4.78 is 10.6. The van der Waals surface area contributed by atoms with Crippen LogP contribution >= 0.6 is 0 Å². The average molecular weight is 293 g/mol. The van der Waals surface area contributed by atoms with E-state index in [1.54, 1.807) is 0 Å². The Bertz CT molecular complexity index is 485. The molecule has 1 saturated heterocycles. The number of anilines is 1. The predicted molar refractivity (Wildman–Crippen MR) is 79.5 cm³/mol. The van der Waals surface area contributed by atoms with E-state index in [4.69, 9.17) is 9.47 Å². The second-order valence-electron chi connectivity index (χ2n) is 5.07. The molecule has 0 unspecified atom stereocenters. The molecule has 2 heterocycles. The Balaban J connectivity index is 2.02. The summed E-state index contributed by atoms with van der Waals surface area (Å²) in [6.07, 6.45) is 3.13. The van der Waals surface area contributed by atoms with E-state index in [9.17, 15) is 4.79 Å². The van der Waals surface area contributed by atoms with Crippen molar-refractivity contribution in [3.8, 4) is 5.88 Å². The van der Waals surface area contributed by atoms with E-state index >= 15 is 0 Å². The minimum atomic E-state index is -0.0773. The van der Waals surface area contributed by atoms with Crippen molar-refractivity contribution in [2.24, 2.45) is 5.92 Å². The molecule has 0 spiro atoms. The first kappa shape index (κ1) is 15.5. The van der Waals surface area contributed by atoms with Gasteiger partial charge in [-0.05, 0) is 33.6 Å². The van der Waals surface area contributed by atoms with Crippen LogP contribution in [0.1, 0.15) is 32.3 Å². The van der Waals surface area contributed by atoms with E-state index in [-0.39, 0.29) is 11.9 Å². The van der Waals surface area contributed by atoms with Crippen molar-refractivity contribution in [2.45, 2.75) is 33.6 Å². The summed E-state index contributed by atoms with van der Waals surface area (Å²) in [5.41, 5.74) is 0.953. The van der Waals surface area contributed by atoms with Gasteiger partial charge in [-0.2, -0.15) is 0 Å². The maximum atomic E-state index is 11.8. The van der Waals surface area contributed by atoms with E-state index in [0.717, 1.165) is 37.3 Å². The van der Waals surface area contributed by atoms with Crippen LogP contribution in [0.15, 0.2) is 6.33 Å². The zero-order valence-electron chi connectivity index (χ0n) is 13.0. The lowest BCUT2D eigenvalue weighted by molar-refractivity contribution is -0.148. The number of carbonyl (C=O) groups is 1. The largest absolute Gasteiger partial charge is 0.478 e. The number of carbonyl (C=O) groups excluding carboxylic acids is 1. The fourth-order valence-corrected chi connectivity index (χ4v) is 2.61. The quantitative estimate of drug-likeness (QED) is 0.773. The second kappa shape index (κ2) is 7.24. The van der Waals surface area contributed by atoms with Crippen molar-refractivity contribution in [1.29, 1.82) is 0 Å². The topological polar surface area (TPSA) is 64.5 Å². The van der Waals surface area contributed by atoms with Gasteiger partial charge in [0.25, 0.3) is 0 Å². The summed E-state index contributed by atoms with van der Waals surface area (Å²) in [6.45, 7) is 8.38.